The number of aryl methyl sites for hydroxylation is 1. The second kappa shape index (κ2) is 5.96. The third kappa shape index (κ3) is 3.04. The van der Waals surface area contributed by atoms with E-state index in [-0.39, 0.29) is 11.5 Å². The van der Waals surface area contributed by atoms with Crippen molar-refractivity contribution in [3.8, 4) is 11.8 Å². The van der Waals surface area contributed by atoms with E-state index in [2.05, 4.69) is 18.8 Å². The van der Waals surface area contributed by atoms with Gasteiger partial charge in [-0.3, -0.25) is 0 Å². The van der Waals surface area contributed by atoms with Crippen LogP contribution in [0, 0.1) is 24.7 Å². The molecule has 1 saturated heterocycles. The molecule has 0 radical (unpaired) electrons. The van der Waals surface area contributed by atoms with Crippen LogP contribution in [0.2, 0.25) is 0 Å². The van der Waals surface area contributed by atoms with Gasteiger partial charge in [0.05, 0.1) is 4.90 Å². The predicted molar refractivity (Wildman–Crippen MR) is 77.7 cm³/mol. The van der Waals surface area contributed by atoms with E-state index in [1.165, 1.54) is 4.31 Å². The molecule has 0 saturated carbocycles. The Morgan fingerprint density at radius 2 is 2.20 bits per heavy atom. The SMILES string of the molecule is Cc1ccc(S(=O)(=O)N2CCC(C)C2)c(C#CCO)c1. The minimum atomic E-state index is -3.50. The Balaban J connectivity index is 2.46. The molecule has 0 spiro atoms. The average Bonchev–Trinajstić information content (AvgIpc) is 2.83. The van der Waals surface area contributed by atoms with Gasteiger partial charge < -0.3 is 5.11 Å². The molecule has 0 aliphatic carbocycles. The van der Waals surface area contributed by atoms with Crippen LogP contribution in [0.15, 0.2) is 23.1 Å². The molecule has 1 aromatic rings. The summed E-state index contributed by atoms with van der Waals surface area (Å²) in [6.07, 6.45) is 0.892. The van der Waals surface area contributed by atoms with Crippen molar-refractivity contribution >= 4 is 10.0 Å². The number of aliphatic hydroxyl groups is 1. The molecule has 1 atom stereocenters. The van der Waals surface area contributed by atoms with Gasteiger partial charge in [0.25, 0.3) is 0 Å². The van der Waals surface area contributed by atoms with Gasteiger partial charge in [0, 0.05) is 18.7 Å². The standard InChI is InChI=1S/C15H19NO3S/c1-12-5-6-15(14(10-12)4-3-9-17)20(18,19)16-8-7-13(2)11-16/h5-6,10,13,17H,7-9,11H2,1-2H3. The Morgan fingerprint density at radius 3 is 2.80 bits per heavy atom. The summed E-state index contributed by atoms with van der Waals surface area (Å²) in [6, 6.07) is 5.13. The van der Waals surface area contributed by atoms with Crippen LogP contribution in [-0.4, -0.2) is 37.5 Å². The van der Waals surface area contributed by atoms with E-state index in [1.54, 1.807) is 18.2 Å². The normalized spacial score (nSPS) is 19.6. The van der Waals surface area contributed by atoms with Crippen LogP contribution in [0.1, 0.15) is 24.5 Å². The fraction of sp³-hybridized carbons (Fsp3) is 0.467. The maximum Gasteiger partial charge on any atom is 0.244 e. The molecule has 1 aromatic carbocycles. The van der Waals surface area contributed by atoms with Gasteiger partial charge in [-0.1, -0.05) is 24.8 Å². The van der Waals surface area contributed by atoms with Crippen LogP contribution in [0.5, 0.6) is 0 Å². The Bertz CT molecular complexity index is 655. The summed E-state index contributed by atoms with van der Waals surface area (Å²) >= 11 is 0. The fourth-order valence-corrected chi connectivity index (χ4v) is 4.06. The van der Waals surface area contributed by atoms with Crippen LogP contribution in [0.25, 0.3) is 0 Å². The fourth-order valence-electron chi connectivity index (χ4n) is 2.35. The van der Waals surface area contributed by atoms with E-state index < -0.39 is 10.0 Å². The summed E-state index contributed by atoms with van der Waals surface area (Å²) < 4.78 is 26.9. The maximum absolute atomic E-state index is 12.7. The number of hydrogen-bond acceptors (Lipinski definition) is 3. The van der Waals surface area contributed by atoms with Gasteiger partial charge in [-0.25, -0.2) is 8.42 Å². The maximum atomic E-state index is 12.7. The molecule has 1 fully saturated rings. The minimum absolute atomic E-state index is 0.234. The van der Waals surface area contributed by atoms with E-state index >= 15 is 0 Å². The lowest BCUT2D eigenvalue weighted by Crippen LogP contribution is -2.29. The number of aliphatic hydroxyl groups excluding tert-OH is 1. The highest BCUT2D eigenvalue weighted by molar-refractivity contribution is 7.89. The molecule has 0 aromatic heterocycles. The van der Waals surface area contributed by atoms with Gasteiger partial charge in [-0.2, -0.15) is 4.31 Å². The van der Waals surface area contributed by atoms with Gasteiger partial charge in [0.2, 0.25) is 10.0 Å². The lowest BCUT2D eigenvalue weighted by molar-refractivity contribution is 0.350. The van der Waals surface area contributed by atoms with Crippen molar-refractivity contribution in [1.82, 2.24) is 4.31 Å². The summed E-state index contributed by atoms with van der Waals surface area (Å²) in [5.41, 5.74) is 1.40. The number of nitrogens with zero attached hydrogens (tertiary/aromatic N) is 1. The minimum Gasteiger partial charge on any atom is -0.384 e. The Morgan fingerprint density at radius 1 is 1.45 bits per heavy atom. The number of hydrogen-bond donors (Lipinski definition) is 1. The van der Waals surface area contributed by atoms with E-state index in [9.17, 15) is 8.42 Å². The van der Waals surface area contributed by atoms with Crippen LogP contribution < -0.4 is 0 Å². The first-order valence-corrected chi connectivity index (χ1v) is 8.09. The molecular weight excluding hydrogens is 274 g/mol. The molecule has 2 rings (SSSR count). The molecule has 0 amide bonds. The smallest absolute Gasteiger partial charge is 0.244 e. The highest BCUT2D eigenvalue weighted by Gasteiger charge is 2.31. The summed E-state index contributed by atoms with van der Waals surface area (Å²) in [7, 11) is -3.50. The largest absolute Gasteiger partial charge is 0.384 e. The van der Waals surface area contributed by atoms with E-state index in [4.69, 9.17) is 5.11 Å². The third-order valence-electron chi connectivity index (χ3n) is 3.44. The zero-order valence-corrected chi connectivity index (χ0v) is 12.6. The van der Waals surface area contributed by atoms with Crippen LogP contribution in [0.3, 0.4) is 0 Å². The molecule has 1 aliphatic rings. The quantitative estimate of drug-likeness (QED) is 0.838. The molecule has 1 aliphatic heterocycles. The molecule has 1 heterocycles. The topological polar surface area (TPSA) is 57.6 Å². The van der Waals surface area contributed by atoms with Crippen molar-refractivity contribution in [2.24, 2.45) is 5.92 Å². The first kappa shape index (κ1) is 15.0. The summed E-state index contributed by atoms with van der Waals surface area (Å²) in [4.78, 5) is 0.234. The molecule has 108 valence electrons. The molecule has 1 N–H and O–H groups in total. The second-order valence-electron chi connectivity index (χ2n) is 5.22. The zero-order valence-electron chi connectivity index (χ0n) is 11.8. The number of sulfonamides is 1. The number of rotatable bonds is 2. The van der Waals surface area contributed by atoms with Gasteiger partial charge in [0.15, 0.2) is 0 Å². The number of benzene rings is 1. The highest BCUT2D eigenvalue weighted by atomic mass is 32.2. The van der Waals surface area contributed by atoms with Crippen molar-refractivity contribution in [1.29, 1.82) is 0 Å². The van der Waals surface area contributed by atoms with Crippen LogP contribution in [0.4, 0.5) is 0 Å². The summed E-state index contributed by atoms with van der Waals surface area (Å²) in [5, 5.41) is 8.80. The van der Waals surface area contributed by atoms with E-state index in [0.717, 1.165) is 12.0 Å². The summed E-state index contributed by atoms with van der Waals surface area (Å²) in [5.74, 6) is 5.66. The lowest BCUT2D eigenvalue weighted by Gasteiger charge is -2.17. The summed E-state index contributed by atoms with van der Waals surface area (Å²) in [6.45, 7) is 4.77. The average molecular weight is 293 g/mol. The van der Waals surface area contributed by atoms with E-state index in [0.29, 0.717) is 24.6 Å². The molecule has 20 heavy (non-hydrogen) atoms. The van der Waals surface area contributed by atoms with Gasteiger partial charge in [-0.15, -0.1) is 0 Å². The Hall–Kier alpha value is -1.35. The first-order chi connectivity index (χ1) is 9.45. The Labute approximate surface area is 120 Å². The van der Waals surface area contributed by atoms with Crippen molar-refractivity contribution in [2.75, 3.05) is 19.7 Å². The first-order valence-electron chi connectivity index (χ1n) is 6.65. The van der Waals surface area contributed by atoms with Crippen molar-refractivity contribution in [2.45, 2.75) is 25.2 Å². The van der Waals surface area contributed by atoms with Gasteiger partial charge in [0.1, 0.15) is 6.61 Å². The third-order valence-corrected chi connectivity index (χ3v) is 5.36. The predicted octanol–water partition coefficient (Wildman–Crippen LogP) is 1.37. The van der Waals surface area contributed by atoms with Gasteiger partial charge in [-0.05, 0) is 37.0 Å². The highest BCUT2D eigenvalue weighted by Crippen LogP contribution is 2.26. The molecule has 4 nitrogen and oxygen atoms in total. The van der Waals surface area contributed by atoms with Crippen molar-refractivity contribution < 1.29 is 13.5 Å². The molecule has 0 bridgehead atoms. The Kier molecular flexibility index (Phi) is 4.48. The molecule has 1 unspecified atom stereocenters. The van der Waals surface area contributed by atoms with Gasteiger partial charge >= 0.3 is 0 Å². The van der Waals surface area contributed by atoms with E-state index in [1.807, 2.05) is 6.92 Å². The lowest BCUT2D eigenvalue weighted by atomic mass is 10.1. The van der Waals surface area contributed by atoms with Crippen LogP contribution in [-0.2, 0) is 10.0 Å². The van der Waals surface area contributed by atoms with Crippen molar-refractivity contribution in [3.63, 3.8) is 0 Å². The van der Waals surface area contributed by atoms with Crippen molar-refractivity contribution in [3.05, 3.63) is 29.3 Å². The molecule has 5 heteroatoms. The molecular formula is C15H19NO3S. The monoisotopic (exact) mass is 293 g/mol. The second-order valence-corrected chi connectivity index (χ2v) is 7.12. The van der Waals surface area contributed by atoms with Crippen LogP contribution >= 0.6 is 0 Å². The zero-order chi connectivity index (χ0) is 14.8.